The first kappa shape index (κ1) is 13.3. The van der Waals surface area contributed by atoms with Crippen LogP contribution in [-0.2, 0) is 15.6 Å². The molecule has 4 nitrogen and oxygen atoms in total. The van der Waals surface area contributed by atoms with Gasteiger partial charge in [-0.2, -0.15) is 0 Å². The number of benzene rings is 2. The molecule has 0 saturated heterocycles. The first-order valence-electron chi connectivity index (χ1n) is 7.44. The topological polar surface area (TPSA) is 62.0 Å². The van der Waals surface area contributed by atoms with Crippen molar-refractivity contribution in [3.63, 3.8) is 0 Å². The smallest absolute Gasteiger partial charge is 0.241 e. The lowest BCUT2D eigenvalue weighted by Gasteiger charge is -2.08. The Kier molecular flexibility index (Phi) is 2.32. The van der Waals surface area contributed by atoms with Crippen LogP contribution in [0.4, 0.5) is 4.39 Å². The van der Waals surface area contributed by atoms with Crippen molar-refractivity contribution in [1.82, 2.24) is 9.71 Å². The zero-order chi connectivity index (χ0) is 15.8. The van der Waals surface area contributed by atoms with Crippen molar-refractivity contribution in [3.05, 3.63) is 54.0 Å². The van der Waals surface area contributed by atoms with Crippen molar-refractivity contribution in [2.24, 2.45) is 0 Å². The van der Waals surface area contributed by atoms with E-state index in [1.54, 1.807) is 12.1 Å². The molecule has 0 radical (unpaired) electrons. The summed E-state index contributed by atoms with van der Waals surface area (Å²) in [5, 5.41) is 0.921. The number of aromatic amines is 1. The van der Waals surface area contributed by atoms with E-state index in [0.717, 1.165) is 40.4 Å². The third kappa shape index (κ3) is 1.76. The maximum atomic E-state index is 13.3. The molecule has 116 valence electrons. The summed E-state index contributed by atoms with van der Waals surface area (Å²) < 4.78 is 40.5. The lowest BCUT2D eigenvalue weighted by molar-refractivity contribution is 0.573. The van der Waals surface area contributed by atoms with E-state index < -0.39 is 15.6 Å². The highest BCUT2D eigenvalue weighted by Gasteiger charge is 2.54. The van der Waals surface area contributed by atoms with Crippen LogP contribution in [0.5, 0.6) is 0 Å². The second kappa shape index (κ2) is 4.01. The Balaban J connectivity index is 1.73. The van der Waals surface area contributed by atoms with E-state index in [2.05, 4.69) is 9.71 Å². The van der Waals surface area contributed by atoms with Crippen molar-refractivity contribution in [1.29, 1.82) is 0 Å². The quantitative estimate of drug-likeness (QED) is 0.720. The summed E-state index contributed by atoms with van der Waals surface area (Å²) in [6, 6.07) is 10.1. The molecule has 1 saturated carbocycles. The van der Waals surface area contributed by atoms with E-state index in [4.69, 9.17) is 0 Å². The molecule has 2 heterocycles. The van der Waals surface area contributed by atoms with Gasteiger partial charge in [-0.25, -0.2) is 17.5 Å². The maximum absolute atomic E-state index is 13.3. The van der Waals surface area contributed by atoms with Crippen molar-refractivity contribution in [2.45, 2.75) is 23.3 Å². The van der Waals surface area contributed by atoms with Crippen LogP contribution in [0.3, 0.4) is 0 Å². The maximum Gasteiger partial charge on any atom is 0.241 e. The number of halogens is 1. The highest BCUT2D eigenvalue weighted by Crippen LogP contribution is 2.53. The molecule has 5 rings (SSSR count). The second-order valence-electron chi connectivity index (χ2n) is 6.29. The molecule has 1 aliphatic heterocycles. The minimum atomic E-state index is -3.39. The minimum Gasteiger partial charge on any atom is -0.360 e. The van der Waals surface area contributed by atoms with Gasteiger partial charge < -0.3 is 4.98 Å². The molecular weight excluding hydrogens is 315 g/mol. The van der Waals surface area contributed by atoms with Crippen molar-refractivity contribution in [3.8, 4) is 11.1 Å². The summed E-state index contributed by atoms with van der Waals surface area (Å²) in [4.78, 5) is 3.45. The average molecular weight is 328 g/mol. The normalized spacial score (nSPS) is 20.0. The van der Waals surface area contributed by atoms with Crippen molar-refractivity contribution < 1.29 is 12.8 Å². The van der Waals surface area contributed by atoms with Gasteiger partial charge in [0.2, 0.25) is 10.0 Å². The Labute approximate surface area is 132 Å². The molecule has 23 heavy (non-hydrogen) atoms. The molecule has 0 atom stereocenters. The predicted molar refractivity (Wildman–Crippen MR) is 84.9 cm³/mol. The first-order valence-corrected chi connectivity index (χ1v) is 8.92. The van der Waals surface area contributed by atoms with Gasteiger partial charge >= 0.3 is 0 Å². The van der Waals surface area contributed by atoms with E-state index in [9.17, 15) is 12.8 Å². The summed E-state index contributed by atoms with van der Waals surface area (Å²) in [6.07, 6.45) is 3.51. The second-order valence-corrected chi connectivity index (χ2v) is 7.94. The van der Waals surface area contributed by atoms with Crippen LogP contribution in [-0.4, -0.2) is 13.4 Å². The standard InChI is InChI=1S/C17H13FN2O2S/c18-11-2-3-12-13(9-19-15(12)8-11)10-1-4-16-14(7-10)17(5-6-17)20-23(16,21)22/h1-4,7-9,19-20H,5-6H2. The molecule has 6 heteroatoms. The van der Waals surface area contributed by atoms with E-state index in [1.165, 1.54) is 12.1 Å². The Bertz CT molecular complexity index is 1080. The van der Waals surface area contributed by atoms with Crippen LogP contribution in [0.25, 0.3) is 22.0 Å². The van der Waals surface area contributed by atoms with Crippen LogP contribution in [0, 0.1) is 5.82 Å². The predicted octanol–water partition coefficient (Wildman–Crippen LogP) is 3.26. The zero-order valence-corrected chi connectivity index (χ0v) is 12.9. The van der Waals surface area contributed by atoms with Gasteiger partial charge in [0.15, 0.2) is 0 Å². The summed E-state index contributed by atoms with van der Waals surface area (Å²) in [7, 11) is -3.39. The molecule has 3 aromatic rings. The summed E-state index contributed by atoms with van der Waals surface area (Å²) in [5.74, 6) is -0.285. The lowest BCUT2D eigenvalue weighted by atomic mass is 9.98. The molecule has 2 aromatic carbocycles. The van der Waals surface area contributed by atoms with Gasteiger partial charge in [0.05, 0.1) is 10.4 Å². The molecule has 1 aliphatic carbocycles. The highest BCUT2D eigenvalue weighted by molar-refractivity contribution is 7.89. The number of aromatic nitrogens is 1. The SMILES string of the molecule is O=S1(=O)NC2(CC2)c2cc(-c3c[nH]c4cc(F)ccc34)ccc21. The van der Waals surface area contributed by atoms with Gasteiger partial charge in [-0.15, -0.1) is 0 Å². The monoisotopic (exact) mass is 328 g/mol. The molecule has 0 amide bonds. The number of H-pyrrole nitrogens is 1. The summed E-state index contributed by atoms with van der Waals surface area (Å²) in [6.45, 7) is 0. The van der Waals surface area contributed by atoms with Crippen molar-refractivity contribution in [2.75, 3.05) is 0 Å². The van der Waals surface area contributed by atoms with Gasteiger partial charge in [0.25, 0.3) is 0 Å². The number of hydrogen-bond acceptors (Lipinski definition) is 2. The molecule has 0 bridgehead atoms. The minimum absolute atomic E-state index is 0.285. The van der Waals surface area contributed by atoms with Crippen LogP contribution in [0.2, 0.25) is 0 Å². The number of fused-ring (bicyclic) bond motifs is 3. The summed E-state index contributed by atoms with van der Waals surface area (Å²) >= 11 is 0. The number of hydrogen-bond donors (Lipinski definition) is 2. The Morgan fingerprint density at radius 1 is 1.09 bits per heavy atom. The van der Waals surface area contributed by atoms with Gasteiger partial charge in [0, 0.05) is 22.7 Å². The molecule has 1 fully saturated rings. The average Bonchev–Trinajstić information content (AvgIpc) is 3.09. The fourth-order valence-electron chi connectivity index (χ4n) is 3.51. The molecular formula is C17H13FN2O2S. The van der Waals surface area contributed by atoms with E-state index in [-0.39, 0.29) is 5.82 Å². The van der Waals surface area contributed by atoms with Gasteiger partial charge in [-0.3, -0.25) is 0 Å². The number of nitrogens with one attached hydrogen (secondary N) is 2. The van der Waals surface area contributed by atoms with Gasteiger partial charge in [-0.1, -0.05) is 6.07 Å². The third-order valence-corrected chi connectivity index (χ3v) is 6.41. The van der Waals surface area contributed by atoms with Crippen LogP contribution in [0.1, 0.15) is 18.4 Å². The molecule has 0 unspecified atom stereocenters. The molecule has 1 spiro atoms. The zero-order valence-electron chi connectivity index (χ0n) is 12.1. The van der Waals surface area contributed by atoms with Gasteiger partial charge in [-0.05, 0) is 54.3 Å². The fourth-order valence-corrected chi connectivity index (χ4v) is 5.24. The van der Waals surface area contributed by atoms with Crippen molar-refractivity contribution >= 4 is 20.9 Å². The lowest BCUT2D eigenvalue weighted by Crippen LogP contribution is -2.25. The number of rotatable bonds is 1. The van der Waals surface area contributed by atoms with Crippen LogP contribution in [0.15, 0.2) is 47.5 Å². The van der Waals surface area contributed by atoms with E-state index >= 15 is 0 Å². The summed E-state index contributed by atoms with van der Waals surface area (Å²) in [5.41, 5.74) is 3.07. The fraction of sp³-hybridized carbons (Fsp3) is 0.176. The highest BCUT2D eigenvalue weighted by atomic mass is 32.2. The van der Waals surface area contributed by atoms with Crippen LogP contribution >= 0.6 is 0 Å². The molecule has 2 N–H and O–H groups in total. The Hall–Kier alpha value is -2.18. The van der Waals surface area contributed by atoms with Gasteiger partial charge in [0.1, 0.15) is 5.82 Å². The first-order chi connectivity index (χ1) is 11.0. The Morgan fingerprint density at radius 2 is 1.91 bits per heavy atom. The third-order valence-electron chi connectivity index (χ3n) is 4.82. The molecule has 2 aliphatic rings. The Morgan fingerprint density at radius 3 is 2.70 bits per heavy atom. The van der Waals surface area contributed by atoms with E-state index in [0.29, 0.717) is 4.90 Å². The number of sulfonamides is 1. The van der Waals surface area contributed by atoms with E-state index in [1.807, 2.05) is 18.3 Å². The van der Waals surface area contributed by atoms with Crippen LogP contribution < -0.4 is 4.72 Å². The largest absolute Gasteiger partial charge is 0.360 e. The molecule has 1 aromatic heterocycles.